The Hall–Kier alpha value is -1.17. The van der Waals surface area contributed by atoms with Gasteiger partial charge in [-0.15, -0.1) is 11.8 Å². The highest BCUT2D eigenvalue weighted by Gasteiger charge is 2.25. The molecule has 0 unspecified atom stereocenters. The van der Waals surface area contributed by atoms with Gasteiger partial charge in [-0.25, -0.2) is 9.59 Å². The summed E-state index contributed by atoms with van der Waals surface area (Å²) in [6.45, 7) is 0. The molecule has 2 amide bonds. The number of nitrogens with two attached hydrogens (primary N) is 1. The van der Waals surface area contributed by atoms with Crippen LogP contribution in [0.1, 0.15) is 0 Å². The smallest absolute Gasteiger partial charge is 0.353 e. The minimum absolute atomic E-state index is 0.0532. The van der Waals surface area contributed by atoms with E-state index in [1.807, 2.05) is 0 Å². The Morgan fingerprint density at radius 2 is 2.36 bits per heavy atom. The molecule has 3 N–H and O–H groups in total. The summed E-state index contributed by atoms with van der Waals surface area (Å²) in [6.07, 6.45) is 0. The van der Waals surface area contributed by atoms with Crippen molar-refractivity contribution in [2.24, 2.45) is 5.73 Å². The van der Waals surface area contributed by atoms with E-state index in [4.69, 9.17) is 10.8 Å². The molecule has 6 heteroatoms. The van der Waals surface area contributed by atoms with Crippen LogP contribution < -0.4 is 5.73 Å². The van der Waals surface area contributed by atoms with Crippen LogP contribution in [0.3, 0.4) is 0 Å². The van der Waals surface area contributed by atoms with Crippen LogP contribution in [0.5, 0.6) is 0 Å². The van der Waals surface area contributed by atoms with Gasteiger partial charge < -0.3 is 10.8 Å². The zero-order valence-corrected chi connectivity index (χ0v) is 6.30. The van der Waals surface area contributed by atoms with Gasteiger partial charge in [-0.3, -0.25) is 4.90 Å². The lowest BCUT2D eigenvalue weighted by atomic mass is 10.4. The van der Waals surface area contributed by atoms with Gasteiger partial charge in [0.25, 0.3) is 0 Å². The normalized spacial score (nSPS) is 16.4. The number of thioether (sulfide) groups is 1. The maximum absolute atomic E-state index is 10.5. The van der Waals surface area contributed by atoms with Crippen molar-refractivity contribution >= 4 is 23.8 Å². The van der Waals surface area contributed by atoms with Crippen molar-refractivity contribution in [1.29, 1.82) is 0 Å². The molecule has 0 spiro atoms. The van der Waals surface area contributed by atoms with Gasteiger partial charge in [0.05, 0.1) is 5.88 Å². The average Bonchev–Trinajstić information content (AvgIpc) is 2.32. The van der Waals surface area contributed by atoms with Crippen LogP contribution in [0.15, 0.2) is 11.1 Å². The first-order valence-corrected chi connectivity index (χ1v) is 3.80. The summed E-state index contributed by atoms with van der Waals surface area (Å²) in [5, 5.41) is 9.90. The van der Waals surface area contributed by atoms with Gasteiger partial charge >= 0.3 is 12.0 Å². The van der Waals surface area contributed by atoms with Crippen LogP contribution in [0, 0.1) is 0 Å². The van der Waals surface area contributed by atoms with Crippen molar-refractivity contribution in [2.75, 3.05) is 5.88 Å². The van der Waals surface area contributed by atoms with E-state index in [0.717, 1.165) is 4.90 Å². The summed E-state index contributed by atoms with van der Waals surface area (Å²) in [6, 6.07) is -0.733. The largest absolute Gasteiger partial charge is 0.477 e. The lowest BCUT2D eigenvalue weighted by Gasteiger charge is -2.12. The number of urea groups is 1. The molecule has 5 nitrogen and oxygen atoms in total. The minimum Gasteiger partial charge on any atom is -0.477 e. The number of amides is 2. The van der Waals surface area contributed by atoms with Crippen molar-refractivity contribution in [3.05, 3.63) is 11.1 Å². The zero-order valence-electron chi connectivity index (χ0n) is 5.48. The number of carbonyl (C=O) groups is 2. The maximum Gasteiger partial charge on any atom is 0.353 e. The number of carboxylic acids is 1. The summed E-state index contributed by atoms with van der Waals surface area (Å²) < 4.78 is 0. The fourth-order valence-electron chi connectivity index (χ4n) is 0.672. The van der Waals surface area contributed by atoms with Crippen molar-refractivity contribution in [2.45, 2.75) is 0 Å². The molecule has 0 bridgehead atoms. The Balaban J connectivity index is 2.79. The van der Waals surface area contributed by atoms with E-state index in [2.05, 4.69) is 0 Å². The molecule has 0 aliphatic carbocycles. The summed E-state index contributed by atoms with van der Waals surface area (Å²) in [7, 11) is 0. The first kappa shape index (κ1) is 7.93. The number of nitrogens with zero attached hydrogens (tertiary/aromatic N) is 1. The molecule has 0 aromatic heterocycles. The van der Waals surface area contributed by atoms with Gasteiger partial charge in [0, 0.05) is 5.41 Å². The van der Waals surface area contributed by atoms with E-state index in [1.54, 1.807) is 0 Å². The number of primary amides is 1. The highest BCUT2D eigenvalue weighted by molar-refractivity contribution is 8.02. The van der Waals surface area contributed by atoms with Gasteiger partial charge in [0.15, 0.2) is 0 Å². The Bertz CT molecular complexity index is 238. The number of carboxylic acid groups (broad SMARTS) is 1. The SMILES string of the molecule is NC(=O)N1CSC=C1C(=O)O. The van der Waals surface area contributed by atoms with Gasteiger partial charge in [-0.05, 0) is 0 Å². The number of rotatable bonds is 1. The molecule has 1 heterocycles. The molecule has 0 fully saturated rings. The Kier molecular flexibility index (Phi) is 2.04. The lowest BCUT2D eigenvalue weighted by molar-refractivity contribution is -0.133. The molecule has 0 aromatic carbocycles. The summed E-state index contributed by atoms with van der Waals surface area (Å²) in [4.78, 5) is 21.9. The number of hydrogen-bond donors (Lipinski definition) is 2. The maximum atomic E-state index is 10.5. The highest BCUT2D eigenvalue weighted by Crippen LogP contribution is 2.22. The fraction of sp³-hybridized carbons (Fsp3) is 0.200. The topological polar surface area (TPSA) is 83.6 Å². The minimum atomic E-state index is -1.13. The first-order chi connectivity index (χ1) is 5.13. The molecule has 0 aromatic rings. The molecule has 1 aliphatic rings. The second-order valence-electron chi connectivity index (χ2n) is 1.87. The predicted octanol–water partition coefficient (Wildman–Crippen LogP) is -0.00260. The van der Waals surface area contributed by atoms with Gasteiger partial charge in [-0.2, -0.15) is 0 Å². The van der Waals surface area contributed by atoms with Gasteiger partial charge in [-0.1, -0.05) is 0 Å². The Labute approximate surface area is 66.8 Å². The molecule has 0 atom stereocenters. The fourth-order valence-corrected chi connectivity index (χ4v) is 1.55. The van der Waals surface area contributed by atoms with E-state index < -0.39 is 12.0 Å². The van der Waals surface area contributed by atoms with Crippen molar-refractivity contribution < 1.29 is 14.7 Å². The van der Waals surface area contributed by atoms with Crippen molar-refractivity contribution in [3.63, 3.8) is 0 Å². The standard InChI is InChI=1S/C5H6N2O3S/c6-5(10)7-2-11-1-3(7)4(8)9/h1H,2H2,(H2,6,10)(H,8,9). The monoisotopic (exact) mass is 174 g/mol. The predicted molar refractivity (Wildman–Crippen MR) is 39.6 cm³/mol. The Morgan fingerprint density at radius 1 is 1.73 bits per heavy atom. The molecule has 0 saturated heterocycles. The third-order valence-electron chi connectivity index (χ3n) is 1.17. The molecule has 60 valence electrons. The average molecular weight is 174 g/mol. The summed E-state index contributed by atoms with van der Waals surface area (Å²) in [5.41, 5.74) is 4.84. The van der Waals surface area contributed by atoms with Crippen LogP contribution in [0.4, 0.5) is 4.79 Å². The van der Waals surface area contributed by atoms with Crippen molar-refractivity contribution in [1.82, 2.24) is 4.90 Å². The van der Waals surface area contributed by atoms with E-state index >= 15 is 0 Å². The molecular formula is C5H6N2O3S. The van der Waals surface area contributed by atoms with Gasteiger partial charge in [0.2, 0.25) is 0 Å². The van der Waals surface area contributed by atoms with Crippen LogP contribution in [-0.4, -0.2) is 27.9 Å². The Morgan fingerprint density at radius 3 is 2.73 bits per heavy atom. The second kappa shape index (κ2) is 2.83. The van der Waals surface area contributed by atoms with E-state index in [-0.39, 0.29) is 11.6 Å². The van der Waals surface area contributed by atoms with Crippen LogP contribution >= 0.6 is 11.8 Å². The molecular weight excluding hydrogens is 168 g/mol. The molecule has 1 rings (SSSR count). The van der Waals surface area contributed by atoms with Crippen LogP contribution in [-0.2, 0) is 4.79 Å². The van der Waals surface area contributed by atoms with Crippen molar-refractivity contribution in [3.8, 4) is 0 Å². The lowest BCUT2D eigenvalue weighted by Crippen LogP contribution is -2.34. The van der Waals surface area contributed by atoms with E-state index in [1.165, 1.54) is 17.2 Å². The molecule has 0 saturated carbocycles. The van der Waals surface area contributed by atoms with E-state index in [0.29, 0.717) is 0 Å². The van der Waals surface area contributed by atoms with E-state index in [9.17, 15) is 9.59 Å². The summed E-state index contributed by atoms with van der Waals surface area (Å²) >= 11 is 1.23. The zero-order chi connectivity index (χ0) is 8.43. The molecule has 0 radical (unpaired) electrons. The van der Waals surface area contributed by atoms with Crippen LogP contribution in [0.2, 0.25) is 0 Å². The van der Waals surface area contributed by atoms with Crippen LogP contribution in [0.25, 0.3) is 0 Å². The highest BCUT2D eigenvalue weighted by atomic mass is 32.2. The quantitative estimate of drug-likeness (QED) is 0.586. The number of aliphatic carboxylic acids is 1. The first-order valence-electron chi connectivity index (χ1n) is 2.75. The third-order valence-corrected chi connectivity index (χ3v) is 1.97. The van der Waals surface area contributed by atoms with Gasteiger partial charge in [0.1, 0.15) is 5.70 Å². The summed E-state index contributed by atoms with van der Waals surface area (Å²) in [5.74, 6) is -0.842. The number of carbonyl (C=O) groups excluding carboxylic acids is 1. The number of hydrogen-bond acceptors (Lipinski definition) is 3. The second-order valence-corrected chi connectivity index (χ2v) is 2.70. The molecule has 11 heavy (non-hydrogen) atoms. The molecule has 1 aliphatic heterocycles. The third kappa shape index (κ3) is 1.45.